The highest BCUT2D eigenvalue weighted by Crippen LogP contribution is 2.32. The highest BCUT2D eigenvalue weighted by Gasteiger charge is 2.30. The number of amides is 1. The quantitative estimate of drug-likeness (QED) is 0.691. The number of aromatic nitrogens is 4. The zero-order valence-electron chi connectivity index (χ0n) is 15.0. The lowest BCUT2D eigenvalue weighted by Gasteiger charge is -2.21. The molecule has 7 heteroatoms. The SMILES string of the molecule is N[C@H](Cc1nn[nH]n1)C(=O)N1CCc2c(CCc3ccccc3)cccc21. The third-order valence-electron chi connectivity index (χ3n) is 5.03. The van der Waals surface area contributed by atoms with Gasteiger partial charge in [-0.1, -0.05) is 47.7 Å². The molecule has 1 aromatic heterocycles. The third-order valence-corrected chi connectivity index (χ3v) is 5.03. The van der Waals surface area contributed by atoms with Crippen LogP contribution in [0.15, 0.2) is 48.5 Å². The Bertz CT molecular complexity index is 909. The Kier molecular flexibility index (Phi) is 4.93. The van der Waals surface area contributed by atoms with Crippen molar-refractivity contribution in [3.8, 4) is 0 Å². The van der Waals surface area contributed by atoms with E-state index >= 15 is 0 Å². The molecule has 1 amide bonds. The highest BCUT2D eigenvalue weighted by atomic mass is 16.2. The maximum Gasteiger partial charge on any atom is 0.244 e. The van der Waals surface area contributed by atoms with Crippen LogP contribution in [0.3, 0.4) is 0 Å². The minimum absolute atomic E-state index is 0.0984. The van der Waals surface area contributed by atoms with Crippen molar-refractivity contribution < 1.29 is 4.79 Å². The predicted molar refractivity (Wildman–Crippen MR) is 102 cm³/mol. The van der Waals surface area contributed by atoms with Crippen LogP contribution in [0.2, 0.25) is 0 Å². The van der Waals surface area contributed by atoms with Gasteiger partial charge in [-0.2, -0.15) is 5.21 Å². The Hall–Kier alpha value is -3.06. The van der Waals surface area contributed by atoms with Gasteiger partial charge in [0.25, 0.3) is 0 Å². The number of anilines is 1. The van der Waals surface area contributed by atoms with Gasteiger partial charge >= 0.3 is 0 Å². The van der Waals surface area contributed by atoms with Crippen molar-refractivity contribution in [2.24, 2.45) is 5.73 Å². The first-order valence-corrected chi connectivity index (χ1v) is 9.16. The third kappa shape index (κ3) is 3.73. The van der Waals surface area contributed by atoms with E-state index in [9.17, 15) is 4.79 Å². The maximum absolute atomic E-state index is 12.8. The zero-order valence-corrected chi connectivity index (χ0v) is 15.0. The minimum atomic E-state index is -0.679. The van der Waals surface area contributed by atoms with Crippen molar-refractivity contribution in [3.05, 3.63) is 71.0 Å². The van der Waals surface area contributed by atoms with Gasteiger partial charge in [0.15, 0.2) is 5.82 Å². The van der Waals surface area contributed by atoms with E-state index < -0.39 is 6.04 Å². The number of hydrogen-bond donors (Lipinski definition) is 2. The molecule has 0 saturated carbocycles. The van der Waals surface area contributed by atoms with Crippen LogP contribution in [0.25, 0.3) is 0 Å². The number of aryl methyl sites for hydroxylation is 2. The first-order valence-electron chi connectivity index (χ1n) is 9.16. The second-order valence-electron chi connectivity index (χ2n) is 6.78. The normalized spacial score (nSPS) is 14.2. The van der Waals surface area contributed by atoms with Gasteiger partial charge in [-0.25, -0.2) is 0 Å². The van der Waals surface area contributed by atoms with Crippen LogP contribution in [0.5, 0.6) is 0 Å². The number of tetrazole rings is 1. The monoisotopic (exact) mass is 362 g/mol. The molecule has 0 bridgehead atoms. The van der Waals surface area contributed by atoms with Gasteiger partial charge in [0, 0.05) is 18.7 Å². The van der Waals surface area contributed by atoms with Crippen molar-refractivity contribution >= 4 is 11.6 Å². The van der Waals surface area contributed by atoms with Crippen LogP contribution in [-0.4, -0.2) is 39.1 Å². The molecule has 0 fully saturated rings. The number of carbonyl (C=O) groups excluding carboxylic acids is 1. The van der Waals surface area contributed by atoms with Crippen LogP contribution in [-0.2, 0) is 30.5 Å². The second-order valence-corrected chi connectivity index (χ2v) is 6.78. The summed E-state index contributed by atoms with van der Waals surface area (Å²) in [6, 6.07) is 16.0. The number of carbonyl (C=O) groups is 1. The number of hydrogen-bond acceptors (Lipinski definition) is 5. The summed E-state index contributed by atoms with van der Waals surface area (Å²) in [4.78, 5) is 14.6. The Labute approximate surface area is 157 Å². The summed E-state index contributed by atoms with van der Waals surface area (Å²) in [5.74, 6) is 0.352. The average Bonchev–Trinajstić information content (AvgIpc) is 3.36. The topological polar surface area (TPSA) is 101 Å². The van der Waals surface area contributed by atoms with Crippen molar-refractivity contribution in [3.63, 3.8) is 0 Å². The first kappa shape index (κ1) is 17.4. The van der Waals surface area contributed by atoms with E-state index in [0.29, 0.717) is 12.4 Å². The number of H-pyrrole nitrogens is 1. The molecule has 3 N–H and O–H groups in total. The zero-order chi connectivity index (χ0) is 18.6. The molecule has 7 nitrogen and oxygen atoms in total. The lowest BCUT2D eigenvalue weighted by atomic mass is 9.98. The van der Waals surface area contributed by atoms with Gasteiger partial charge < -0.3 is 10.6 Å². The summed E-state index contributed by atoms with van der Waals surface area (Å²) in [7, 11) is 0. The molecule has 0 unspecified atom stereocenters. The number of nitrogens with one attached hydrogen (secondary N) is 1. The maximum atomic E-state index is 12.8. The van der Waals surface area contributed by atoms with Crippen LogP contribution in [0, 0.1) is 0 Å². The Morgan fingerprint density at radius 3 is 2.78 bits per heavy atom. The van der Waals surface area contributed by atoms with Gasteiger partial charge in [-0.3, -0.25) is 4.79 Å². The molecule has 27 heavy (non-hydrogen) atoms. The molecule has 1 atom stereocenters. The number of benzene rings is 2. The van der Waals surface area contributed by atoms with E-state index in [1.807, 2.05) is 18.2 Å². The van der Waals surface area contributed by atoms with E-state index in [1.54, 1.807) is 4.90 Å². The summed E-state index contributed by atoms with van der Waals surface area (Å²) in [6.45, 7) is 0.663. The average molecular weight is 362 g/mol. The standard InChI is InChI=1S/C20H22N6O/c21-17(13-19-22-24-25-23-19)20(27)26-12-11-16-15(7-4-8-18(16)26)10-9-14-5-2-1-3-6-14/h1-8,17H,9-13,21H2,(H,22,23,24,25)/t17-/m1/s1. The molecule has 138 valence electrons. The number of rotatable bonds is 6. The molecule has 3 aromatic rings. The molecule has 1 aliphatic heterocycles. The summed E-state index contributed by atoms with van der Waals surface area (Å²) in [6.07, 6.45) is 3.09. The fourth-order valence-corrected chi connectivity index (χ4v) is 3.65. The first-order chi connectivity index (χ1) is 13.2. The van der Waals surface area contributed by atoms with Crippen molar-refractivity contribution in [1.29, 1.82) is 0 Å². The second kappa shape index (κ2) is 7.67. The van der Waals surface area contributed by atoms with Gasteiger partial charge in [-0.05, 0) is 42.0 Å². The van der Waals surface area contributed by atoms with E-state index in [2.05, 4.69) is 51.0 Å². The van der Waals surface area contributed by atoms with Gasteiger partial charge in [0.1, 0.15) is 0 Å². The molecule has 0 spiro atoms. The van der Waals surface area contributed by atoms with Crippen LogP contribution in [0.4, 0.5) is 5.69 Å². The summed E-state index contributed by atoms with van der Waals surface area (Å²) < 4.78 is 0. The minimum Gasteiger partial charge on any atom is -0.320 e. The van der Waals surface area contributed by atoms with Crippen LogP contribution in [0.1, 0.15) is 22.5 Å². The summed E-state index contributed by atoms with van der Waals surface area (Å²) in [5.41, 5.74) is 11.0. The lowest BCUT2D eigenvalue weighted by molar-refractivity contribution is -0.119. The highest BCUT2D eigenvalue weighted by molar-refractivity contribution is 5.99. The molecule has 2 heterocycles. The van der Waals surface area contributed by atoms with Crippen LogP contribution >= 0.6 is 0 Å². The molecular weight excluding hydrogens is 340 g/mol. The van der Waals surface area contributed by atoms with Gasteiger partial charge in [0.2, 0.25) is 5.91 Å². The van der Waals surface area contributed by atoms with E-state index in [4.69, 9.17) is 5.73 Å². The number of nitrogens with two attached hydrogens (primary N) is 1. The fourth-order valence-electron chi connectivity index (χ4n) is 3.65. The molecule has 2 aromatic carbocycles. The number of aromatic amines is 1. The Balaban J connectivity index is 1.48. The lowest BCUT2D eigenvalue weighted by Crippen LogP contribution is -2.44. The Morgan fingerprint density at radius 2 is 2.00 bits per heavy atom. The molecule has 0 saturated heterocycles. The molecule has 1 aliphatic rings. The molecule has 4 rings (SSSR count). The van der Waals surface area contributed by atoms with Gasteiger partial charge in [0.05, 0.1) is 6.04 Å². The summed E-state index contributed by atoms with van der Waals surface area (Å²) >= 11 is 0. The Morgan fingerprint density at radius 1 is 1.15 bits per heavy atom. The molecular formula is C20H22N6O. The number of fused-ring (bicyclic) bond motifs is 1. The van der Waals surface area contributed by atoms with Crippen LogP contribution < -0.4 is 10.6 Å². The van der Waals surface area contributed by atoms with Crippen molar-refractivity contribution in [2.45, 2.75) is 31.7 Å². The molecule has 0 aliphatic carbocycles. The summed E-state index contributed by atoms with van der Waals surface area (Å²) in [5, 5.41) is 13.6. The van der Waals surface area contributed by atoms with E-state index in [1.165, 1.54) is 16.7 Å². The predicted octanol–water partition coefficient (Wildman–Crippen LogP) is 1.44. The van der Waals surface area contributed by atoms with E-state index in [-0.39, 0.29) is 12.3 Å². The van der Waals surface area contributed by atoms with Crippen molar-refractivity contribution in [1.82, 2.24) is 20.6 Å². The smallest absolute Gasteiger partial charge is 0.244 e. The largest absolute Gasteiger partial charge is 0.320 e. The van der Waals surface area contributed by atoms with Gasteiger partial charge in [-0.15, -0.1) is 10.2 Å². The number of nitrogens with zero attached hydrogens (tertiary/aromatic N) is 4. The fraction of sp³-hybridized carbons (Fsp3) is 0.300. The van der Waals surface area contributed by atoms with E-state index in [0.717, 1.165) is 24.9 Å². The van der Waals surface area contributed by atoms with Crippen molar-refractivity contribution in [2.75, 3.05) is 11.4 Å². The molecule has 0 radical (unpaired) electrons.